The van der Waals surface area contributed by atoms with Crippen molar-refractivity contribution >= 4 is 5.91 Å². The number of likely N-dealkylation sites (tertiary alicyclic amines) is 1. The molecule has 5 heteroatoms. The summed E-state index contributed by atoms with van der Waals surface area (Å²) in [5, 5.41) is 7.44. The van der Waals surface area contributed by atoms with Crippen molar-refractivity contribution in [3.05, 3.63) is 18.5 Å². The monoisotopic (exact) mass is 278 g/mol. The molecule has 1 saturated heterocycles. The molecule has 3 atom stereocenters. The zero-order valence-electron chi connectivity index (χ0n) is 12.7. The molecule has 1 fully saturated rings. The van der Waals surface area contributed by atoms with E-state index < -0.39 is 0 Å². The topological polar surface area (TPSA) is 50.2 Å². The number of piperidine rings is 1. The average molecular weight is 278 g/mol. The van der Waals surface area contributed by atoms with Gasteiger partial charge in [0.25, 0.3) is 0 Å². The Morgan fingerprint density at radius 3 is 2.70 bits per heavy atom. The molecule has 112 valence electrons. The maximum absolute atomic E-state index is 12.4. The SMILES string of the molecule is CC1CC(C)CN(C(=O)C(C)NCCn2cccn2)C1. The molecule has 1 aromatic heterocycles. The normalized spacial score (nSPS) is 24.6. The Balaban J connectivity index is 1.76. The van der Waals surface area contributed by atoms with Crippen LogP contribution in [0.4, 0.5) is 0 Å². The molecule has 0 spiro atoms. The number of rotatable bonds is 5. The van der Waals surface area contributed by atoms with Crippen LogP contribution in [0.15, 0.2) is 18.5 Å². The lowest BCUT2D eigenvalue weighted by Crippen LogP contribution is -2.50. The van der Waals surface area contributed by atoms with Crippen LogP contribution < -0.4 is 5.32 Å². The van der Waals surface area contributed by atoms with Gasteiger partial charge in [-0.1, -0.05) is 13.8 Å². The van der Waals surface area contributed by atoms with Gasteiger partial charge in [0.1, 0.15) is 0 Å². The molecule has 1 aliphatic rings. The van der Waals surface area contributed by atoms with Gasteiger partial charge in [-0.2, -0.15) is 5.10 Å². The predicted molar refractivity (Wildman–Crippen MR) is 79.2 cm³/mol. The van der Waals surface area contributed by atoms with Crippen LogP contribution in [-0.4, -0.2) is 46.3 Å². The summed E-state index contributed by atoms with van der Waals surface area (Å²) in [5.41, 5.74) is 0. The summed E-state index contributed by atoms with van der Waals surface area (Å²) in [7, 11) is 0. The van der Waals surface area contributed by atoms with Crippen LogP contribution >= 0.6 is 0 Å². The zero-order valence-corrected chi connectivity index (χ0v) is 12.7. The van der Waals surface area contributed by atoms with E-state index in [1.165, 1.54) is 6.42 Å². The van der Waals surface area contributed by atoms with Gasteiger partial charge in [0.05, 0.1) is 12.6 Å². The van der Waals surface area contributed by atoms with E-state index in [4.69, 9.17) is 0 Å². The van der Waals surface area contributed by atoms with Gasteiger partial charge in [0.2, 0.25) is 5.91 Å². The summed E-state index contributed by atoms with van der Waals surface area (Å²) < 4.78 is 1.87. The molecule has 5 nitrogen and oxygen atoms in total. The van der Waals surface area contributed by atoms with Crippen LogP contribution in [0.1, 0.15) is 27.2 Å². The Hall–Kier alpha value is -1.36. The molecular weight excluding hydrogens is 252 g/mol. The van der Waals surface area contributed by atoms with Gasteiger partial charge in [-0.3, -0.25) is 9.48 Å². The fraction of sp³-hybridized carbons (Fsp3) is 0.733. The summed E-state index contributed by atoms with van der Waals surface area (Å²) in [5.74, 6) is 1.45. The number of nitrogens with zero attached hydrogens (tertiary/aromatic N) is 3. The number of hydrogen-bond acceptors (Lipinski definition) is 3. The minimum absolute atomic E-state index is 0.122. The van der Waals surface area contributed by atoms with E-state index in [0.717, 1.165) is 26.2 Å². The van der Waals surface area contributed by atoms with Gasteiger partial charge in [0, 0.05) is 32.0 Å². The molecule has 1 aliphatic heterocycles. The fourth-order valence-electron chi connectivity index (χ4n) is 3.03. The first kappa shape index (κ1) is 15.0. The third kappa shape index (κ3) is 4.07. The molecule has 0 aromatic carbocycles. The van der Waals surface area contributed by atoms with Crippen LogP contribution in [0.3, 0.4) is 0 Å². The lowest BCUT2D eigenvalue weighted by Gasteiger charge is -2.36. The van der Waals surface area contributed by atoms with Crippen molar-refractivity contribution in [3.8, 4) is 0 Å². The van der Waals surface area contributed by atoms with Gasteiger partial charge in [-0.15, -0.1) is 0 Å². The number of amides is 1. The van der Waals surface area contributed by atoms with Crippen molar-refractivity contribution in [3.63, 3.8) is 0 Å². The van der Waals surface area contributed by atoms with Crippen molar-refractivity contribution in [2.45, 2.75) is 39.8 Å². The minimum atomic E-state index is -0.122. The minimum Gasteiger partial charge on any atom is -0.341 e. The van der Waals surface area contributed by atoms with Gasteiger partial charge in [-0.25, -0.2) is 0 Å². The molecule has 3 unspecified atom stereocenters. The van der Waals surface area contributed by atoms with Crippen LogP contribution in [-0.2, 0) is 11.3 Å². The maximum Gasteiger partial charge on any atom is 0.239 e. The lowest BCUT2D eigenvalue weighted by atomic mass is 9.91. The molecule has 0 aliphatic carbocycles. The number of carbonyl (C=O) groups excluding carboxylic acids is 1. The van der Waals surface area contributed by atoms with Crippen molar-refractivity contribution in [1.82, 2.24) is 20.0 Å². The Labute approximate surface area is 121 Å². The third-order valence-corrected chi connectivity index (χ3v) is 3.90. The molecule has 20 heavy (non-hydrogen) atoms. The lowest BCUT2D eigenvalue weighted by molar-refractivity contribution is -0.135. The first-order valence-corrected chi connectivity index (χ1v) is 7.56. The van der Waals surface area contributed by atoms with Gasteiger partial charge in [-0.05, 0) is 31.2 Å². The Bertz CT molecular complexity index is 408. The number of aromatic nitrogens is 2. The van der Waals surface area contributed by atoms with E-state index in [1.54, 1.807) is 6.20 Å². The van der Waals surface area contributed by atoms with Crippen LogP contribution in [0, 0.1) is 11.8 Å². The summed E-state index contributed by atoms with van der Waals surface area (Å²) >= 11 is 0. The van der Waals surface area contributed by atoms with E-state index in [9.17, 15) is 4.79 Å². The van der Waals surface area contributed by atoms with Crippen molar-refractivity contribution < 1.29 is 4.79 Å². The van der Waals surface area contributed by atoms with Crippen molar-refractivity contribution in [2.75, 3.05) is 19.6 Å². The summed E-state index contributed by atoms with van der Waals surface area (Å²) in [4.78, 5) is 14.4. The smallest absolute Gasteiger partial charge is 0.239 e. The van der Waals surface area contributed by atoms with Gasteiger partial charge in [0.15, 0.2) is 0 Å². The molecular formula is C15H26N4O. The molecule has 1 N–H and O–H groups in total. The first-order chi connectivity index (χ1) is 9.56. The van der Waals surface area contributed by atoms with Crippen LogP contribution in [0.2, 0.25) is 0 Å². The predicted octanol–water partition coefficient (Wildman–Crippen LogP) is 1.37. The summed E-state index contributed by atoms with van der Waals surface area (Å²) in [6, 6.07) is 1.79. The molecule has 1 aromatic rings. The molecule has 0 radical (unpaired) electrons. The summed E-state index contributed by atoms with van der Waals surface area (Å²) in [6.45, 7) is 9.75. The van der Waals surface area contributed by atoms with E-state index in [0.29, 0.717) is 11.8 Å². The van der Waals surface area contributed by atoms with Crippen LogP contribution in [0.5, 0.6) is 0 Å². The quantitative estimate of drug-likeness (QED) is 0.885. The highest BCUT2D eigenvalue weighted by molar-refractivity contribution is 5.81. The standard InChI is InChI=1S/C15H26N4O/c1-12-9-13(2)11-18(10-12)15(20)14(3)16-6-8-19-7-4-5-17-19/h4-5,7,12-14,16H,6,8-11H2,1-3H3. The first-order valence-electron chi connectivity index (χ1n) is 7.56. The average Bonchev–Trinajstić information content (AvgIpc) is 2.89. The Morgan fingerprint density at radius 2 is 2.10 bits per heavy atom. The van der Waals surface area contributed by atoms with Gasteiger partial charge >= 0.3 is 0 Å². The van der Waals surface area contributed by atoms with E-state index in [-0.39, 0.29) is 11.9 Å². The van der Waals surface area contributed by atoms with E-state index in [2.05, 4.69) is 24.3 Å². The Morgan fingerprint density at radius 1 is 1.40 bits per heavy atom. The highest BCUT2D eigenvalue weighted by Gasteiger charge is 2.27. The fourth-order valence-corrected chi connectivity index (χ4v) is 3.03. The summed E-state index contributed by atoms with van der Waals surface area (Å²) in [6.07, 6.45) is 4.93. The second-order valence-electron chi connectivity index (χ2n) is 6.13. The van der Waals surface area contributed by atoms with Gasteiger partial charge < -0.3 is 10.2 Å². The molecule has 2 rings (SSSR count). The van der Waals surface area contributed by atoms with E-state index >= 15 is 0 Å². The van der Waals surface area contributed by atoms with Crippen LogP contribution in [0.25, 0.3) is 0 Å². The largest absolute Gasteiger partial charge is 0.341 e. The number of hydrogen-bond donors (Lipinski definition) is 1. The number of nitrogens with one attached hydrogen (secondary N) is 1. The second kappa shape index (κ2) is 6.88. The highest BCUT2D eigenvalue weighted by Crippen LogP contribution is 2.21. The molecule has 1 amide bonds. The van der Waals surface area contributed by atoms with E-state index in [1.807, 2.05) is 28.8 Å². The van der Waals surface area contributed by atoms with Crippen molar-refractivity contribution in [1.29, 1.82) is 0 Å². The number of carbonyl (C=O) groups is 1. The van der Waals surface area contributed by atoms with Crippen molar-refractivity contribution in [2.24, 2.45) is 11.8 Å². The molecule has 2 heterocycles. The molecule has 0 bridgehead atoms. The zero-order chi connectivity index (χ0) is 14.5. The third-order valence-electron chi connectivity index (χ3n) is 3.90. The maximum atomic E-state index is 12.4. The highest BCUT2D eigenvalue weighted by atomic mass is 16.2. The Kier molecular flexibility index (Phi) is 5.17. The molecule has 0 saturated carbocycles. The second-order valence-corrected chi connectivity index (χ2v) is 6.13.